The summed E-state index contributed by atoms with van der Waals surface area (Å²) >= 11 is 0. The molecule has 2 aliphatic rings. The molecule has 11 heteroatoms. The Bertz CT molecular complexity index is 1300. The molecule has 0 aliphatic carbocycles. The van der Waals surface area contributed by atoms with Gasteiger partial charge < -0.3 is 10.2 Å². The molecule has 2 N–H and O–H groups in total. The normalized spacial score (nSPS) is 14.9. The number of unbranched alkanes of at least 4 members (excludes halogenated alkanes) is 6. The first-order valence-corrected chi connectivity index (χ1v) is 14.7. The van der Waals surface area contributed by atoms with Crippen LogP contribution < -0.4 is 0 Å². The Morgan fingerprint density at radius 3 is 1.26 bits per heavy atom. The highest BCUT2D eigenvalue weighted by Crippen LogP contribution is 2.32. The molecule has 10 nitrogen and oxygen atoms in total. The van der Waals surface area contributed by atoms with Gasteiger partial charge in [0.05, 0.1) is 32.0 Å². The second-order valence-corrected chi connectivity index (χ2v) is 11.7. The fourth-order valence-electron chi connectivity index (χ4n) is 4.89. The first kappa shape index (κ1) is 28.6. The Kier molecular flexibility index (Phi) is 8.94. The van der Waals surface area contributed by atoms with Gasteiger partial charge in [-0.05, 0) is 62.1 Å². The van der Waals surface area contributed by atoms with E-state index < -0.39 is 33.5 Å². The zero-order valence-corrected chi connectivity index (χ0v) is 22.4. The molecule has 39 heavy (non-hydrogen) atoms. The van der Waals surface area contributed by atoms with Crippen LogP contribution in [-0.2, 0) is 9.84 Å². The number of rotatable bonds is 14. The van der Waals surface area contributed by atoms with Crippen molar-refractivity contribution in [2.24, 2.45) is 0 Å². The van der Waals surface area contributed by atoms with E-state index in [0.717, 1.165) is 35.5 Å². The molecule has 0 saturated heterocycles. The Morgan fingerprint density at radius 1 is 0.513 bits per heavy atom. The Morgan fingerprint density at radius 2 is 0.872 bits per heavy atom. The number of imide groups is 2. The predicted octanol–water partition coefficient (Wildman–Crippen LogP) is 2.82. The summed E-state index contributed by atoms with van der Waals surface area (Å²) in [4.78, 5) is 53.2. The van der Waals surface area contributed by atoms with Crippen LogP contribution in [0.1, 0.15) is 92.8 Å². The first-order chi connectivity index (χ1) is 18.7. The Labute approximate surface area is 227 Å². The molecule has 4 rings (SSSR count). The van der Waals surface area contributed by atoms with Crippen LogP contribution in [0.15, 0.2) is 46.2 Å². The number of carbonyl (C=O) groups is 4. The van der Waals surface area contributed by atoms with Crippen LogP contribution >= 0.6 is 0 Å². The maximum atomic E-state index is 13.5. The van der Waals surface area contributed by atoms with Crippen LogP contribution in [0.25, 0.3) is 0 Å². The van der Waals surface area contributed by atoms with Gasteiger partial charge in [0.1, 0.15) is 0 Å². The minimum absolute atomic E-state index is 0.0104. The lowest BCUT2D eigenvalue weighted by Gasteiger charge is -2.13. The number of fused-ring (bicyclic) bond motifs is 2. The maximum absolute atomic E-state index is 13.5. The second kappa shape index (κ2) is 12.2. The number of amides is 4. The van der Waals surface area contributed by atoms with E-state index in [9.17, 15) is 27.6 Å². The van der Waals surface area contributed by atoms with E-state index >= 15 is 0 Å². The first-order valence-electron chi connectivity index (χ1n) is 13.2. The molecule has 4 amide bonds. The van der Waals surface area contributed by atoms with E-state index in [0.29, 0.717) is 25.7 Å². The minimum Gasteiger partial charge on any atom is -0.396 e. The van der Waals surface area contributed by atoms with Gasteiger partial charge >= 0.3 is 0 Å². The van der Waals surface area contributed by atoms with Crippen molar-refractivity contribution in [2.75, 3.05) is 26.3 Å². The van der Waals surface area contributed by atoms with Crippen LogP contribution in [0.2, 0.25) is 0 Å². The monoisotopic (exact) mass is 556 g/mol. The number of carbonyl (C=O) groups excluding carboxylic acids is 4. The molecule has 0 saturated carbocycles. The smallest absolute Gasteiger partial charge is 0.261 e. The van der Waals surface area contributed by atoms with E-state index in [1.807, 2.05) is 0 Å². The second-order valence-electron chi connectivity index (χ2n) is 9.72. The summed E-state index contributed by atoms with van der Waals surface area (Å²) in [5, 5.41) is 17.8. The third-order valence-electron chi connectivity index (χ3n) is 7.08. The van der Waals surface area contributed by atoms with Crippen LogP contribution in [-0.4, -0.2) is 78.4 Å². The van der Waals surface area contributed by atoms with Crippen molar-refractivity contribution in [1.82, 2.24) is 9.80 Å². The predicted molar refractivity (Wildman–Crippen MR) is 140 cm³/mol. The summed E-state index contributed by atoms with van der Waals surface area (Å²) in [5.74, 6) is -2.06. The lowest BCUT2D eigenvalue weighted by molar-refractivity contribution is 0.0635. The fraction of sp³-hybridized carbons (Fsp3) is 0.429. The van der Waals surface area contributed by atoms with E-state index in [4.69, 9.17) is 10.2 Å². The summed E-state index contributed by atoms with van der Waals surface area (Å²) in [6.45, 7) is 0.587. The summed E-state index contributed by atoms with van der Waals surface area (Å²) in [6.07, 6.45) is 5.50. The topological polar surface area (TPSA) is 149 Å². The summed E-state index contributed by atoms with van der Waals surface area (Å²) in [5.41, 5.74) is 0.296. The minimum atomic E-state index is -4.16. The fourth-order valence-corrected chi connectivity index (χ4v) is 6.20. The largest absolute Gasteiger partial charge is 0.396 e. The average molecular weight is 557 g/mol. The SMILES string of the molecule is O=C1c2ccc(S(=O)(=O)c3ccc4c(c3)C(=O)N(CCCCCCO)C4=O)cc2C(=O)N1CCCCCCO. The van der Waals surface area contributed by atoms with Crippen LogP contribution in [0, 0.1) is 0 Å². The molecule has 0 atom stereocenters. The van der Waals surface area contributed by atoms with E-state index in [-0.39, 0.29) is 58.3 Å². The van der Waals surface area contributed by atoms with Gasteiger partial charge in [0.2, 0.25) is 9.84 Å². The highest BCUT2D eigenvalue weighted by molar-refractivity contribution is 7.91. The van der Waals surface area contributed by atoms with Gasteiger partial charge in [-0.2, -0.15) is 0 Å². The lowest BCUT2D eigenvalue weighted by atomic mass is 10.1. The van der Waals surface area contributed by atoms with Crippen molar-refractivity contribution in [3.63, 3.8) is 0 Å². The van der Waals surface area contributed by atoms with E-state index in [1.54, 1.807) is 0 Å². The van der Waals surface area contributed by atoms with E-state index in [2.05, 4.69) is 0 Å². The molecule has 0 spiro atoms. The van der Waals surface area contributed by atoms with Crippen molar-refractivity contribution >= 4 is 33.5 Å². The van der Waals surface area contributed by atoms with Crippen molar-refractivity contribution in [2.45, 2.75) is 61.2 Å². The highest BCUT2D eigenvalue weighted by Gasteiger charge is 2.38. The van der Waals surface area contributed by atoms with Gasteiger partial charge in [-0.3, -0.25) is 29.0 Å². The molecule has 2 aliphatic heterocycles. The highest BCUT2D eigenvalue weighted by atomic mass is 32.2. The molecule has 0 unspecified atom stereocenters. The summed E-state index contributed by atoms with van der Waals surface area (Å²) in [6, 6.07) is 7.57. The third kappa shape index (κ3) is 5.66. The molecule has 2 aromatic carbocycles. The van der Waals surface area contributed by atoms with Crippen LogP contribution in [0.5, 0.6) is 0 Å². The number of hydrogen-bond acceptors (Lipinski definition) is 8. The van der Waals surface area contributed by atoms with Crippen molar-refractivity contribution in [1.29, 1.82) is 0 Å². The third-order valence-corrected chi connectivity index (χ3v) is 8.83. The standard InChI is InChI=1S/C28H32N2O8S/c31-15-7-3-1-5-13-29-25(33)21-11-9-19(17-23(21)27(29)35)39(37,38)20-10-12-22-24(18-20)28(36)30(26(22)34)14-6-2-4-8-16-32/h9-12,17-18,31-32H,1-8,13-16H2. The summed E-state index contributed by atoms with van der Waals surface area (Å²) < 4.78 is 26.9. The van der Waals surface area contributed by atoms with Crippen molar-refractivity contribution in [3.05, 3.63) is 58.7 Å². The number of sulfone groups is 1. The van der Waals surface area contributed by atoms with Gasteiger partial charge in [0, 0.05) is 26.3 Å². The molecule has 208 valence electrons. The number of aliphatic hydroxyl groups is 2. The number of nitrogens with zero attached hydrogens (tertiary/aromatic N) is 2. The maximum Gasteiger partial charge on any atom is 0.261 e. The van der Waals surface area contributed by atoms with Gasteiger partial charge in [-0.25, -0.2) is 8.42 Å². The molecule has 0 aromatic heterocycles. The number of hydrogen-bond donors (Lipinski definition) is 2. The quantitative estimate of drug-likeness (QED) is 0.266. The molecule has 2 heterocycles. The molecule has 0 fully saturated rings. The Hall–Kier alpha value is -3.41. The molecule has 0 bridgehead atoms. The zero-order valence-electron chi connectivity index (χ0n) is 21.6. The number of benzene rings is 2. The zero-order chi connectivity index (χ0) is 28.2. The van der Waals surface area contributed by atoms with Crippen LogP contribution in [0.3, 0.4) is 0 Å². The van der Waals surface area contributed by atoms with Crippen molar-refractivity contribution < 1.29 is 37.8 Å². The molecular formula is C28H32N2O8S. The molecular weight excluding hydrogens is 524 g/mol. The van der Waals surface area contributed by atoms with E-state index in [1.165, 1.54) is 36.4 Å². The van der Waals surface area contributed by atoms with Crippen LogP contribution in [0.4, 0.5) is 0 Å². The lowest BCUT2D eigenvalue weighted by Crippen LogP contribution is -2.30. The van der Waals surface area contributed by atoms with Gasteiger partial charge in [0.25, 0.3) is 23.6 Å². The average Bonchev–Trinajstić information content (AvgIpc) is 3.32. The number of aliphatic hydroxyl groups excluding tert-OH is 2. The van der Waals surface area contributed by atoms with Crippen molar-refractivity contribution in [3.8, 4) is 0 Å². The molecule has 2 aromatic rings. The summed E-state index contributed by atoms with van der Waals surface area (Å²) in [7, 11) is -4.16. The molecule has 0 radical (unpaired) electrons. The Balaban J connectivity index is 1.51. The van der Waals surface area contributed by atoms with Gasteiger partial charge in [0.15, 0.2) is 0 Å². The van der Waals surface area contributed by atoms with Gasteiger partial charge in [-0.1, -0.05) is 25.7 Å². The van der Waals surface area contributed by atoms with Gasteiger partial charge in [-0.15, -0.1) is 0 Å².